The number of nitrogens with one attached hydrogen (secondary N) is 2. The minimum atomic E-state index is -0.284. The van der Waals surface area contributed by atoms with Crippen LogP contribution in [0.4, 0.5) is 11.4 Å². The molecule has 0 saturated carbocycles. The summed E-state index contributed by atoms with van der Waals surface area (Å²) in [7, 11) is 0. The van der Waals surface area contributed by atoms with Crippen LogP contribution in [0.25, 0.3) is 0 Å². The standard InChI is InChI=1S/C18H21ClN4O2/c19-15-3-1-2-4-16(15)22-18(24)17-6-5-14(13-21-17)20-7-8-23-9-11-25-12-10-23/h1-6,13,20H,7-12H2,(H,22,24). The lowest BCUT2D eigenvalue weighted by atomic mass is 10.3. The third-order valence-electron chi connectivity index (χ3n) is 3.98. The molecule has 6 nitrogen and oxygen atoms in total. The Morgan fingerprint density at radius 2 is 2.00 bits per heavy atom. The maximum absolute atomic E-state index is 12.2. The Morgan fingerprint density at radius 1 is 1.20 bits per heavy atom. The van der Waals surface area contributed by atoms with Crippen LogP contribution >= 0.6 is 11.6 Å². The fourth-order valence-electron chi connectivity index (χ4n) is 2.56. The van der Waals surface area contributed by atoms with Crippen LogP contribution in [0.15, 0.2) is 42.6 Å². The molecule has 0 radical (unpaired) electrons. The summed E-state index contributed by atoms with van der Waals surface area (Å²) in [5, 5.41) is 6.58. The summed E-state index contributed by atoms with van der Waals surface area (Å²) in [4.78, 5) is 18.8. The van der Waals surface area contributed by atoms with Crippen LogP contribution in [0, 0.1) is 0 Å². The summed E-state index contributed by atoms with van der Waals surface area (Å²) in [5.41, 5.74) is 1.81. The summed E-state index contributed by atoms with van der Waals surface area (Å²) in [5.74, 6) is -0.284. The number of anilines is 2. The number of hydrogen-bond acceptors (Lipinski definition) is 5. The quantitative estimate of drug-likeness (QED) is 0.829. The second-order valence-electron chi connectivity index (χ2n) is 5.75. The van der Waals surface area contributed by atoms with Crippen molar-refractivity contribution in [2.24, 2.45) is 0 Å². The van der Waals surface area contributed by atoms with E-state index in [2.05, 4.69) is 20.5 Å². The number of benzene rings is 1. The first-order chi connectivity index (χ1) is 12.2. The summed E-state index contributed by atoms with van der Waals surface area (Å²) in [6.07, 6.45) is 1.67. The van der Waals surface area contributed by atoms with Gasteiger partial charge < -0.3 is 15.4 Å². The molecule has 1 aliphatic heterocycles. The molecule has 3 rings (SSSR count). The molecule has 1 aromatic carbocycles. The first kappa shape index (κ1) is 17.7. The normalized spacial score (nSPS) is 14.9. The molecular formula is C18H21ClN4O2. The van der Waals surface area contributed by atoms with Crippen molar-refractivity contribution >= 4 is 28.9 Å². The number of carbonyl (C=O) groups excluding carboxylic acids is 1. The molecule has 1 amide bonds. The molecule has 1 fully saturated rings. The van der Waals surface area contributed by atoms with Crippen LogP contribution in [-0.2, 0) is 4.74 Å². The molecule has 1 aliphatic rings. The van der Waals surface area contributed by atoms with E-state index in [-0.39, 0.29) is 5.91 Å². The topological polar surface area (TPSA) is 66.5 Å². The first-order valence-corrected chi connectivity index (χ1v) is 8.66. The summed E-state index contributed by atoms with van der Waals surface area (Å²) in [6.45, 7) is 5.33. The van der Waals surface area contributed by atoms with Gasteiger partial charge in [0.15, 0.2) is 0 Å². The van der Waals surface area contributed by atoms with Gasteiger partial charge in [0, 0.05) is 26.2 Å². The average molecular weight is 361 g/mol. The maximum atomic E-state index is 12.2. The van der Waals surface area contributed by atoms with Crippen molar-refractivity contribution in [1.29, 1.82) is 0 Å². The van der Waals surface area contributed by atoms with Gasteiger partial charge in [0.25, 0.3) is 5.91 Å². The number of aromatic nitrogens is 1. The third kappa shape index (κ3) is 5.16. The highest BCUT2D eigenvalue weighted by atomic mass is 35.5. The van der Waals surface area contributed by atoms with Gasteiger partial charge in [-0.3, -0.25) is 9.69 Å². The van der Waals surface area contributed by atoms with Gasteiger partial charge in [0.1, 0.15) is 5.69 Å². The molecule has 0 aliphatic carbocycles. The number of carbonyl (C=O) groups is 1. The molecule has 2 heterocycles. The molecule has 1 saturated heterocycles. The van der Waals surface area contributed by atoms with Crippen molar-refractivity contribution in [3.8, 4) is 0 Å². The molecule has 1 aromatic heterocycles. The summed E-state index contributed by atoms with van der Waals surface area (Å²) >= 11 is 6.05. The van der Waals surface area contributed by atoms with Crippen LogP contribution in [0.3, 0.4) is 0 Å². The van der Waals surface area contributed by atoms with Crippen molar-refractivity contribution in [2.45, 2.75) is 0 Å². The van der Waals surface area contributed by atoms with E-state index in [0.717, 1.165) is 45.1 Å². The van der Waals surface area contributed by atoms with Crippen LogP contribution in [0.2, 0.25) is 5.02 Å². The Balaban J connectivity index is 1.49. The van der Waals surface area contributed by atoms with Gasteiger partial charge in [-0.15, -0.1) is 0 Å². The van der Waals surface area contributed by atoms with Gasteiger partial charge in [-0.1, -0.05) is 23.7 Å². The van der Waals surface area contributed by atoms with Gasteiger partial charge in [0.05, 0.1) is 35.8 Å². The van der Waals surface area contributed by atoms with E-state index in [9.17, 15) is 4.79 Å². The van der Waals surface area contributed by atoms with E-state index in [4.69, 9.17) is 16.3 Å². The number of morpholine rings is 1. The third-order valence-corrected chi connectivity index (χ3v) is 4.31. The number of hydrogen-bond donors (Lipinski definition) is 2. The molecular weight excluding hydrogens is 340 g/mol. The minimum absolute atomic E-state index is 0.284. The molecule has 2 aromatic rings. The highest BCUT2D eigenvalue weighted by Crippen LogP contribution is 2.21. The zero-order valence-corrected chi connectivity index (χ0v) is 14.6. The first-order valence-electron chi connectivity index (χ1n) is 8.28. The van der Waals surface area contributed by atoms with Gasteiger partial charge in [0.2, 0.25) is 0 Å². The lowest BCUT2D eigenvalue weighted by molar-refractivity contribution is 0.0398. The van der Waals surface area contributed by atoms with E-state index in [1.54, 1.807) is 24.4 Å². The SMILES string of the molecule is O=C(Nc1ccccc1Cl)c1ccc(NCCN2CCOCC2)cn1. The Bertz CT molecular complexity index is 702. The fourth-order valence-corrected chi connectivity index (χ4v) is 2.75. The number of para-hydroxylation sites is 1. The number of rotatable bonds is 6. The lowest BCUT2D eigenvalue weighted by Crippen LogP contribution is -2.39. The lowest BCUT2D eigenvalue weighted by Gasteiger charge is -2.26. The Kier molecular flexibility index (Phi) is 6.22. The highest BCUT2D eigenvalue weighted by Gasteiger charge is 2.11. The largest absolute Gasteiger partial charge is 0.383 e. The molecule has 25 heavy (non-hydrogen) atoms. The van der Waals surface area contributed by atoms with E-state index in [0.29, 0.717) is 16.4 Å². The van der Waals surface area contributed by atoms with E-state index in [1.807, 2.05) is 18.2 Å². The molecule has 0 bridgehead atoms. The maximum Gasteiger partial charge on any atom is 0.274 e. The zero-order chi connectivity index (χ0) is 17.5. The fraction of sp³-hybridized carbons (Fsp3) is 0.333. The van der Waals surface area contributed by atoms with Gasteiger partial charge in [-0.05, 0) is 24.3 Å². The number of amides is 1. The average Bonchev–Trinajstić information content (AvgIpc) is 2.65. The Labute approximate surface area is 152 Å². The number of ether oxygens (including phenoxy) is 1. The number of pyridine rings is 1. The van der Waals surface area contributed by atoms with Crippen molar-refractivity contribution in [2.75, 3.05) is 50.0 Å². The second-order valence-corrected chi connectivity index (χ2v) is 6.15. The van der Waals surface area contributed by atoms with Crippen LogP contribution in [-0.4, -0.2) is 55.2 Å². The monoisotopic (exact) mass is 360 g/mol. The summed E-state index contributed by atoms with van der Waals surface area (Å²) in [6, 6.07) is 10.7. The van der Waals surface area contributed by atoms with E-state index in [1.165, 1.54) is 0 Å². The van der Waals surface area contributed by atoms with Gasteiger partial charge >= 0.3 is 0 Å². The molecule has 0 spiro atoms. The minimum Gasteiger partial charge on any atom is -0.383 e. The molecule has 0 atom stereocenters. The van der Waals surface area contributed by atoms with Crippen LogP contribution < -0.4 is 10.6 Å². The van der Waals surface area contributed by atoms with Crippen molar-refractivity contribution < 1.29 is 9.53 Å². The molecule has 132 valence electrons. The van der Waals surface area contributed by atoms with Crippen LogP contribution in [0.5, 0.6) is 0 Å². The Hall–Kier alpha value is -2.15. The van der Waals surface area contributed by atoms with E-state index >= 15 is 0 Å². The molecule has 7 heteroatoms. The predicted octanol–water partition coefficient (Wildman–Crippen LogP) is 2.73. The van der Waals surface area contributed by atoms with Gasteiger partial charge in [-0.2, -0.15) is 0 Å². The van der Waals surface area contributed by atoms with Crippen molar-refractivity contribution in [3.05, 3.63) is 53.3 Å². The van der Waals surface area contributed by atoms with Crippen molar-refractivity contribution in [3.63, 3.8) is 0 Å². The predicted molar refractivity (Wildman–Crippen MR) is 99.4 cm³/mol. The second kappa shape index (κ2) is 8.80. The zero-order valence-electron chi connectivity index (χ0n) is 13.9. The number of nitrogens with zero attached hydrogens (tertiary/aromatic N) is 2. The smallest absolute Gasteiger partial charge is 0.274 e. The highest BCUT2D eigenvalue weighted by molar-refractivity contribution is 6.33. The van der Waals surface area contributed by atoms with Crippen LogP contribution in [0.1, 0.15) is 10.5 Å². The Morgan fingerprint density at radius 3 is 2.72 bits per heavy atom. The molecule has 2 N–H and O–H groups in total. The number of halogens is 1. The molecule has 0 unspecified atom stereocenters. The van der Waals surface area contributed by atoms with Crippen molar-refractivity contribution in [1.82, 2.24) is 9.88 Å². The van der Waals surface area contributed by atoms with Gasteiger partial charge in [-0.25, -0.2) is 4.98 Å². The summed E-state index contributed by atoms with van der Waals surface area (Å²) < 4.78 is 5.33. The van der Waals surface area contributed by atoms with E-state index < -0.39 is 0 Å².